The zero-order chi connectivity index (χ0) is 30.3. The number of carbonyl (C=O) groups excluding carboxylic acids is 3. The predicted molar refractivity (Wildman–Crippen MR) is 155 cm³/mol. The first-order valence-electron chi connectivity index (χ1n) is 14.8. The minimum atomic E-state index is -0.890. The lowest BCUT2D eigenvalue weighted by molar-refractivity contribution is -0.172. The van der Waals surface area contributed by atoms with Crippen LogP contribution in [0.1, 0.15) is 101 Å². The Hall–Kier alpha value is -1.71. The third-order valence-electron chi connectivity index (χ3n) is 6.90. The highest BCUT2D eigenvalue weighted by molar-refractivity contribution is 5.73. The van der Waals surface area contributed by atoms with Crippen LogP contribution in [0, 0.1) is 35.5 Å². The Morgan fingerprint density at radius 2 is 0.769 bits per heavy atom. The van der Waals surface area contributed by atoms with Crippen LogP contribution < -0.4 is 17.2 Å². The molecule has 0 bridgehead atoms. The first-order valence-corrected chi connectivity index (χ1v) is 14.8. The molecule has 0 rings (SSSR count). The van der Waals surface area contributed by atoms with Crippen LogP contribution in [0.15, 0.2) is 0 Å². The fourth-order valence-electron chi connectivity index (χ4n) is 5.32. The van der Waals surface area contributed by atoms with E-state index in [-0.39, 0.29) is 78.8 Å². The standard InChI is InChI=1S/C30H59N3O6/c1-18(13-24(7)31)10-21(4)28(34)37-16-27(39-30(36)23(6)12-20(3)15-26(9)33)17-38-29(35)22(5)11-19(2)14-25(8)32/h18-27H,10-17,31-33H2,1-9H3. The van der Waals surface area contributed by atoms with Crippen molar-refractivity contribution in [1.29, 1.82) is 0 Å². The summed E-state index contributed by atoms with van der Waals surface area (Å²) in [4.78, 5) is 38.2. The predicted octanol–water partition coefficient (Wildman–Crippen LogP) is 4.18. The van der Waals surface area contributed by atoms with Crippen molar-refractivity contribution in [3.05, 3.63) is 0 Å². The molecular formula is C30H59N3O6. The van der Waals surface area contributed by atoms with E-state index in [9.17, 15) is 14.4 Å². The normalized spacial score (nSPS) is 19.4. The minimum Gasteiger partial charge on any atom is -0.461 e. The van der Waals surface area contributed by atoms with E-state index in [2.05, 4.69) is 20.8 Å². The largest absolute Gasteiger partial charge is 0.461 e. The number of hydrogen-bond donors (Lipinski definition) is 3. The molecule has 0 amide bonds. The minimum absolute atomic E-state index is 0.0466. The van der Waals surface area contributed by atoms with Gasteiger partial charge in [0.1, 0.15) is 13.2 Å². The third kappa shape index (κ3) is 18.3. The molecule has 0 aliphatic heterocycles. The maximum absolute atomic E-state index is 12.9. The molecule has 0 aliphatic carbocycles. The molecule has 9 nitrogen and oxygen atoms in total. The highest BCUT2D eigenvalue weighted by Crippen LogP contribution is 2.21. The van der Waals surface area contributed by atoms with Crippen LogP contribution in [-0.2, 0) is 28.6 Å². The van der Waals surface area contributed by atoms with Crippen LogP contribution in [0.4, 0.5) is 0 Å². The van der Waals surface area contributed by atoms with Crippen LogP contribution in [0.5, 0.6) is 0 Å². The van der Waals surface area contributed by atoms with Gasteiger partial charge >= 0.3 is 17.9 Å². The van der Waals surface area contributed by atoms with Gasteiger partial charge < -0.3 is 31.4 Å². The fourth-order valence-corrected chi connectivity index (χ4v) is 5.32. The summed E-state index contributed by atoms with van der Waals surface area (Å²) in [6, 6.07) is 0.164. The summed E-state index contributed by atoms with van der Waals surface area (Å²) in [6.45, 7) is 17.1. The van der Waals surface area contributed by atoms with E-state index in [0.717, 1.165) is 19.3 Å². The van der Waals surface area contributed by atoms with E-state index in [1.54, 1.807) is 6.92 Å². The van der Waals surface area contributed by atoms with Gasteiger partial charge in [-0.05, 0) is 77.0 Å². The number of carbonyl (C=O) groups is 3. The van der Waals surface area contributed by atoms with Crippen LogP contribution >= 0.6 is 0 Å². The maximum Gasteiger partial charge on any atom is 0.309 e. The molecule has 0 aromatic rings. The van der Waals surface area contributed by atoms with Crippen LogP contribution in [0.2, 0.25) is 0 Å². The van der Waals surface area contributed by atoms with E-state index < -0.39 is 12.1 Å². The first kappa shape index (κ1) is 37.3. The lowest BCUT2D eigenvalue weighted by Crippen LogP contribution is -2.35. The smallest absolute Gasteiger partial charge is 0.309 e. The Morgan fingerprint density at radius 3 is 1.05 bits per heavy atom. The van der Waals surface area contributed by atoms with E-state index in [1.165, 1.54) is 0 Å². The zero-order valence-corrected chi connectivity index (χ0v) is 26.1. The van der Waals surface area contributed by atoms with Gasteiger partial charge in [-0.15, -0.1) is 0 Å². The fraction of sp³-hybridized carbons (Fsp3) is 0.900. The second kappa shape index (κ2) is 19.4. The van der Waals surface area contributed by atoms with Gasteiger partial charge in [-0.3, -0.25) is 14.4 Å². The van der Waals surface area contributed by atoms with Gasteiger partial charge in [0.15, 0.2) is 6.10 Å². The van der Waals surface area contributed by atoms with Crippen molar-refractivity contribution < 1.29 is 28.6 Å². The van der Waals surface area contributed by atoms with Crippen molar-refractivity contribution in [3.63, 3.8) is 0 Å². The van der Waals surface area contributed by atoms with Gasteiger partial charge in [0.2, 0.25) is 0 Å². The van der Waals surface area contributed by atoms with Gasteiger partial charge in [-0.2, -0.15) is 0 Å². The second-order valence-corrected chi connectivity index (χ2v) is 12.7. The number of nitrogens with two attached hydrogens (primary N) is 3. The van der Waals surface area contributed by atoms with Gasteiger partial charge in [0, 0.05) is 18.1 Å². The van der Waals surface area contributed by atoms with Gasteiger partial charge in [-0.1, -0.05) is 41.5 Å². The molecule has 6 N–H and O–H groups in total. The van der Waals surface area contributed by atoms with Crippen LogP contribution in [-0.4, -0.2) is 55.4 Å². The van der Waals surface area contributed by atoms with Gasteiger partial charge in [-0.25, -0.2) is 0 Å². The summed E-state index contributed by atoms with van der Waals surface area (Å²) in [7, 11) is 0. The lowest BCUT2D eigenvalue weighted by Gasteiger charge is -2.24. The Bertz CT molecular complexity index is 675. The number of rotatable bonds is 20. The van der Waals surface area contributed by atoms with Crippen molar-refractivity contribution >= 4 is 17.9 Å². The molecule has 0 fully saturated rings. The molecule has 39 heavy (non-hydrogen) atoms. The van der Waals surface area contributed by atoms with E-state index in [1.807, 2.05) is 34.6 Å². The maximum atomic E-state index is 12.9. The third-order valence-corrected chi connectivity index (χ3v) is 6.90. The van der Waals surface area contributed by atoms with E-state index in [4.69, 9.17) is 31.4 Å². The summed E-state index contributed by atoms with van der Waals surface area (Å²) >= 11 is 0. The number of hydrogen-bond acceptors (Lipinski definition) is 9. The van der Waals surface area contributed by atoms with E-state index in [0.29, 0.717) is 19.3 Å². The quantitative estimate of drug-likeness (QED) is 0.147. The van der Waals surface area contributed by atoms with Gasteiger partial charge in [0.05, 0.1) is 17.8 Å². The van der Waals surface area contributed by atoms with E-state index >= 15 is 0 Å². The van der Waals surface area contributed by atoms with Crippen molar-refractivity contribution in [2.45, 2.75) is 125 Å². The zero-order valence-electron chi connectivity index (χ0n) is 26.1. The molecule has 9 atom stereocenters. The molecule has 0 aliphatic rings. The summed E-state index contributed by atoms with van der Waals surface area (Å²) in [5, 5.41) is 0. The summed E-state index contributed by atoms with van der Waals surface area (Å²) in [5.41, 5.74) is 17.6. The Labute approximate surface area is 237 Å². The summed E-state index contributed by atoms with van der Waals surface area (Å²) < 4.78 is 16.7. The molecule has 0 saturated heterocycles. The molecular weight excluding hydrogens is 498 g/mol. The molecule has 0 saturated carbocycles. The lowest BCUT2D eigenvalue weighted by atomic mass is 9.92. The average Bonchev–Trinajstić information content (AvgIpc) is 2.78. The Balaban J connectivity index is 5.17. The van der Waals surface area contributed by atoms with Crippen LogP contribution in [0.3, 0.4) is 0 Å². The van der Waals surface area contributed by atoms with Crippen molar-refractivity contribution in [2.75, 3.05) is 13.2 Å². The molecule has 9 unspecified atom stereocenters. The molecule has 0 spiro atoms. The number of esters is 3. The average molecular weight is 558 g/mol. The molecule has 0 radical (unpaired) electrons. The molecule has 9 heteroatoms. The Kier molecular flexibility index (Phi) is 18.5. The summed E-state index contributed by atoms with van der Waals surface area (Å²) in [6.07, 6.45) is 3.45. The highest BCUT2D eigenvalue weighted by atomic mass is 16.6. The van der Waals surface area contributed by atoms with Crippen molar-refractivity contribution in [3.8, 4) is 0 Å². The highest BCUT2D eigenvalue weighted by Gasteiger charge is 2.27. The molecule has 0 heterocycles. The second-order valence-electron chi connectivity index (χ2n) is 12.7. The number of ether oxygens (including phenoxy) is 3. The first-order chi connectivity index (χ1) is 18.0. The summed E-state index contributed by atoms with van der Waals surface area (Å²) in [5.74, 6) is -1.42. The SMILES string of the molecule is CC(N)CC(C)CC(C)C(=O)OCC(COC(=O)C(C)CC(C)CC(C)N)OC(=O)C(C)CC(C)CC(C)N. The Morgan fingerprint density at radius 1 is 0.487 bits per heavy atom. The molecule has 0 aromatic heterocycles. The van der Waals surface area contributed by atoms with Crippen LogP contribution in [0.25, 0.3) is 0 Å². The molecule has 230 valence electrons. The topological polar surface area (TPSA) is 157 Å². The monoisotopic (exact) mass is 557 g/mol. The van der Waals surface area contributed by atoms with Crippen molar-refractivity contribution in [2.24, 2.45) is 52.7 Å². The van der Waals surface area contributed by atoms with Crippen molar-refractivity contribution in [1.82, 2.24) is 0 Å². The molecule has 0 aromatic carbocycles. The van der Waals surface area contributed by atoms with Gasteiger partial charge in [0.25, 0.3) is 0 Å².